The molecule has 0 bridgehead atoms. The van der Waals surface area contributed by atoms with Gasteiger partial charge in [0.1, 0.15) is 12.1 Å². The molecule has 1 aliphatic rings. The van der Waals surface area contributed by atoms with Gasteiger partial charge in [0, 0.05) is 6.61 Å². The summed E-state index contributed by atoms with van der Waals surface area (Å²) in [6, 6.07) is -0.908. The first kappa shape index (κ1) is 12.7. The minimum absolute atomic E-state index is 0.244. The monoisotopic (exact) mass is 227 g/mol. The smallest absolute Gasteiger partial charge is 0.326 e. The van der Waals surface area contributed by atoms with Gasteiger partial charge in [-0.05, 0) is 26.2 Å². The Balaban J connectivity index is 2.50. The van der Waals surface area contributed by atoms with Crippen LogP contribution in [0.3, 0.4) is 0 Å². The molecule has 5 nitrogen and oxygen atoms in total. The molecule has 0 aliphatic carbocycles. The van der Waals surface area contributed by atoms with Gasteiger partial charge in [-0.1, -0.05) is 5.57 Å². The number of hydrogen-bond donors (Lipinski definition) is 2. The van der Waals surface area contributed by atoms with E-state index in [0.29, 0.717) is 13.0 Å². The highest BCUT2D eigenvalue weighted by Gasteiger charge is 2.27. The Kier molecular flexibility index (Phi) is 4.49. The third-order valence-corrected chi connectivity index (χ3v) is 2.39. The second-order valence-electron chi connectivity index (χ2n) is 4.06. The average molecular weight is 227 g/mol. The summed E-state index contributed by atoms with van der Waals surface area (Å²) in [5.74, 6) is -1.39. The van der Waals surface area contributed by atoms with E-state index in [9.17, 15) is 9.59 Å². The average Bonchev–Trinajstić information content (AvgIpc) is 2.68. The highest BCUT2D eigenvalue weighted by molar-refractivity contribution is 5.86. The van der Waals surface area contributed by atoms with Gasteiger partial charge >= 0.3 is 5.97 Å². The molecule has 2 atom stereocenters. The van der Waals surface area contributed by atoms with Crippen molar-refractivity contribution in [3.8, 4) is 0 Å². The lowest BCUT2D eigenvalue weighted by atomic mass is 10.1. The van der Waals surface area contributed by atoms with Crippen molar-refractivity contribution in [3.63, 3.8) is 0 Å². The molecule has 0 unspecified atom stereocenters. The van der Waals surface area contributed by atoms with Crippen LogP contribution in [-0.2, 0) is 14.3 Å². The fourth-order valence-corrected chi connectivity index (χ4v) is 1.60. The molecule has 0 saturated carbocycles. The van der Waals surface area contributed by atoms with Crippen molar-refractivity contribution >= 4 is 11.9 Å². The number of aliphatic carboxylic acids is 1. The molecule has 1 heterocycles. The number of carbonyl (C=O) groups excluding carboxylic acids is 1. The highest BCUT2D eigenvalue weighted by atomic mass is 16.5. The summed E-state index contributed by atoms with van der Waals surface area (Å²) in [6.07, 6.45) is 1.25. The van der Waals surface area contributed by atoms with Gasteiger partial charge in [0.25, 0.3) is 0 Å². The lowest BCUT2D eigenvalue weighted by Gasteiger charge is -2.17. The third kappa shape index (κ3) is 3.66. The zero-order chi connectivity index (χ0) is 12.1. The fraction of sp³-hybridized carbons (Fsp3) is 0.636. The molecule has 0 spiro atoms. The van der Waals surface area contributed by atoms with E-state index in [1.54, 1.807) is 6.92 Å². The van der Waals surface area contributed by atoms with Gasteiger partial charge in [0.05, 0.1) is 0 Å². The van der Waals surface area contributed by atoms with Gasteiger partial charge < -0.3 is 15.2 Å². The largest absolute Gasteiger partial charge is 0.480 e. The molecular formula is C11H17NO4. The number of rotatable bonds is 5. The highest BCUT2D eigenvalue weighted by Crippen LogP contribution is 2.12. The molecule has 5 heteroatoms. The standard InChI is InChI=1S/C11H17NO4/c1-7(2)6-8(11(14)15)12-10(13)9-4-3-5-16-9/h8-9H,1,3-6H2,2H3,(H,12,13)(H,14,15)/t8-,9-/m1/s1. The van der Waals surface area contributed by atoms with Crippen molar-refractivity contribution in [2.75, 3.05) is 6.61 Å². The van der Waals surface area contributed by atoms with Crippen molar-refractivity contribution in [2.45, 2.75) is 38.3 Å². The molecule has 0 aromatic rings. The van der Waals surface area contributed by atoms with Crippen molar-refractivity contribution in [1.82, 2.24) is 5.32 Å². The number of ether oxygens (including phenoxy) is 1. The Morgan fingerprint density at radius 2 is 2.31 bits per heavy atom. The van der Waals surface area contributed by atoms with E-state index >= 15 is 0 Å². The first-order valence-electron chi connectivity index (χ1n) is 5.30. The third-order valence-electron chi connectivity index (χ3n) is 2.39. The molecule has 90 valence electrons. The molecule has 2 N–H and O–H groups in total. The van der Waals surface area contributed by atoms with Gasteiger partial charge in [-0.3, -0.25) is 4.79 Å². The second kappa shape index (κ2) is 5.65. The van der Waals surface area contributed by atoms with Gasteiger partial charge in [-0.2, -0.15) is 0 Å². The first-order chi connectivity index (χ1) is 7.50. The molecular weight excluding hydrogens is 210 g/mol. The molecule has 1 saturated heterocycles. The van der Waals surface area contributed by atoms with Crippen LogP contribution >= 0.6 is 0 Å². The van der Waals surface area contributed by atoms with E-state index in [4.69, 9.17) is 9.84 Å². The minimum atomic E-state index is -1.05. The Labute approximate surface area is 94.5 Å². The van der Waals surface area contributed by atoms with Gasteiger partial charge in [-0.15, -0.1) is 6.58 Å². The number of hydrogen-bond acceptors (Lipinski definition) is 3. The van der Waals surface area contributed by atoms with Crippen molar-refractivity contribution in [2.24, 2.45) is 0 Å². The van der Waals surface area contributed by atoms with Crippen LogP contribution in [0.1, 0.15) is 26.2 Å². The van der Waals surface area contributed by atoms with E-state index in [1.165, 1.54) is 0 Å². The van der Waals surface area contributed by atoms with Crippen LogP contribution in [0, 0.1) is 0 Å². The zero-order valence-electron chi connectivity index (χ0n) is 9.36. The number of carbonyl (C=O) groups is 2. The van der Waals surface area contributed by atoms with Crippen LogP contribution in [0.15, 0.2) is 12.2 Å². The first-order valence-corrected chi connectivity index (χ1v) is 5.30. The summed E-state index contributed by atoms with van der Waals surface area (Å²) < 4.78 is 5.17. The van der Waals surface area contributed by atoms with Gasteiger partial charge in [-0.25, -0.2) is 4.79 Å². The van der Waals surface area contributed by atoms with Crippen LogP contribution in [-0.4, -0.2) is 35.7 Å². The van der Waals surface area contributed by atoms with Crippen molar-refractivity contribution < 1.29 is 19.4 Å². The maximum absolute atomic E-state index is 11.6. The number of amides is 1. The van der Waals surface area contributed by atoms with E-state index in [-0.39, 0.29) is 12.3 Å². The molecule has 1 amide bonds. The molecule has 16 heavy (non-hydrogen) atoms. The maximum Gasteiger partial charge on any atom is 0.326 e. The summed E-state index contributed by atoms with van der Waals surface area (Å²) in [4.78, 5) is 22.5. The summed E-state index contributed by atoms with van der Waals surface area (Å²) in [5, 5.41) is 11.4. The van der Waals surface area contributed by atoms with Gasteiger partial charge in [0.15, 0.2) is 0 Å². The van der Waals surface area contributed by atoms with Crippen LogP contribution < -0.4 is 5.32 Å². The van der Waals surface area contributed by atoms with Gasteiger partial charge in [0.2, 0.25) is 5.91 Å². The van der Waals surface area contributed by atoms with Crippen molar-refractivity contribution in [1.29, 1.82) is 0 Å². The Bertz CT molecular complexity index is 294. The lowest BCUT2D eigenvalue weighted by molar-refractivity contribution is -0.143. The number of nitrogens with one attached hydrogen (secondary N) is 1. The maximum atomic E-state index is 11.6. The summed E-state index contributed by atoms with van der Waals surface area (Å²) in [5.41, 5.74) is 0.722. The summed E-state index contributed by atoms with van der Waals surface area (Å²) in [7, 11) is 0. The van der Waals surface area contributed by atoms with Crippen molar-refractivity contribution in [3.05, 3.63) is 12.2 Å². The molecule has 0 radical (unpaired) electrons. The quantitative estimate of drug-likeness (QED) is 0.678. The lowest BCUT2D eigenvalue weighted by Crippen LogP contribution is -2.45. The van der Waals surface area contributed by atoms with E-state index in [0.717, 1.165) is 12.0 Å². The Morgan fingerprint density at radius 3 is 2.75 bits per heavy atom. The Morgan fingerprint density at radius 1 is 1.62 bits per heavy atom. The van der Waals surface area contributed by atoms with Crippen LogP contribution in [0.2, 0.25) is 0 Å². The van der Waals surface area contributed by atoms with E-state index < -0.39 is 18.1 Å². The van der Waals surface area contributed by atoms with Crippen LogP contribution in [0.5, 0.6) is 0 Å². The molecule has 1 rings (SSSR count). The number of carboxylic acids is 1. The second-order valence-corrected chi connectivity index (χ2v) is 4.06. The molecule has 1 fully saturated rings. The number of carboxylic acid groups (broad SMARTS) is 1. The Hall–Kier alpha value is -1.36. The fourth-order valence-electron chi connectivity index (χ4n) is 1.60. The molecule has 0 aromatic carbocycles. The summed E-state index contributed by atoms with van der Waals surface area (Å²) in [6.45, 7) is 5.93. The van der Waals surface area contributed by atoms with Crippen LogP contribution in [0.4, 0.5) is 0 Å². The molecule has 1 aliphatic heterocycles. The van der Waals surface area contributed by atoms with E-state index in [1.807, 2.05) is 0 Å². The predicted octanol–water partition coefficient (Wildman–Crippen LogP) is 0.701. The summed E-state index contributed by atoms with van der Waals surface area (Å²) >= 11 is 0. The SMILES string of the molecule is C=C(C)C[C@@H](NC(=O)[C@H]1CCCO1)C(=O)O. The van der Waals surface area contributed by atoms with Crippen LogP contribution in [0.25, 0.3) is 0 Å². The predicted molar refractivity (Wildman–Crippen MR) is 58.0 cm³/mol. The minimum Gasteiger partial charge on any atom is -0.480 e. The normalized spacial score (nSPS) is 21.4. The topological polar surface area (TPSA) is 75.6 Å². The zero-order valence-corrected chi connectivity index (χ0v) is 9.36. The molecule has 0 aromatic heterocycles. The van der Waals surface area contributed by atoms with E-state index in [2.05, 4.69) is 11.9 Å².